The summed E-state index contributed by atoms with van der Waals surface area (Å²) in [4.78, 5) is 26.0. The molecule has 2 aliphatic heterocycles. The zero-order valence-electron chi connectivity index (χ0n) is 16.2. The Labute approximate surface area is 174 Å². The summed E-state index contributed by atoms with van der Waals surface area (Å²) in [6.45, 7) is 0.0947. The SMILES string of the molecule is O=C(OCC1c2ccccc2-c2ccccc21)N1C[C@H]2CS(=O)(=O)C[C@@]2(C(=O)O)C1. The quantitative estimate of drug-likeness (QED) is 0.807. The minimum atomic E-state index is -3.41. The van der Waals surface area contributed by atoms with E-state index in [1.807, 2.05) is 36.4 Å². The van der Waals surface area contributed by atoms with Gasteiger partial charge in [0.1, 0.15) is 12.0 Å². The molecular weight excluding hydrogens is 406 g/mol. The zero-order valence-corrected chi connectivity index (χ0v) is 17.0. The minimum absolute atomic E-state index is 0.0855. The summed E-state index contributed by atoms with van der Waals surface area (Å²) in [5.41, 5.74) is 3.01. The number of benzene rings is 2. The molecule has 2 atom stereocenters. The molecule has 0 saturated carbocycles. The lowest BCUT2D eigenvalue weighted by atomic mass is 9.81. The average molecular weight is 427 g/mol. The van der Waals surface area contributed by atoms with Gasteiger partial charge in [-0.25, -0.2) is 13.2 Å². The van der Waals surface area contributed by atoms with E-state index in [9.17, 15) is 23.1 Å². The molecule has 8 heteroatoms. The number of hydrogen-bond acceptors (Lipinski definition) is 5. The van der Waals surface area contributed by atoms with Crippen molar-refractivity contribution in [3.8, 4) is 11.1 Å². The Morgan fingerprint density at radius 3 is 2.23 bits per heavy atom. The van der Waals surface area contributed by atoms with Gasteiger partial charge in [-0.05, 0) is 22.3 Å². The van der Waals surface area contributed by atoms with Gasteiger partial charge >= 0.3 is 12.1 Å². The van der Waals surface area contributed by atoms with Crippen LogP contribution in [-0.2, 0) is 19.4 Å². The van der Waals surface area contributed by atoms with Crippen molar-refractivity contribution in [1.29, 1.82) is 0 Å². The van der Waals surface area contributed by atoms with Gasteiger partial charge in [0, 0.05) is 24.9 Å². The Morgan fingerprint density at radius 1 is 1.07 bits per heavy atom. The first-order chi connectivity index (χ1) is 14.3. The first kappa shape index (κ1) is 19.1. The summed E-state index contributed by atoms with van der Waals surface area (Å²) in [6, 6.07) is 16.0. The normalized spacial score (nSPS) is 26.1. The molecular formula is C22H21NO6S. The highest BCUT2D eigenvalue weighted by Gasteiger charge is 2.61. The van der Waals surface area contributed by atoms with Crippen LogP contribution in [0.2, 0.25) is 0 Å². The average Bonchev–Trinajstić information content (AvgIpc) is 3.30. The topological polar surface area (TPSA) is 101 Å². The highest BCUT2D eigenvalue weighted by atomic mass is 32.2. The van der Waals surface area contributed by atoms with Crippen LogP contribution in [0.3, 0.4) is 0 Å². The smallest absolute Gasteiger partial charge is 0.409 e. The standard InChI is InChI=1S/C22H21NO6S/c24-20(25)22-12-23(9-14(22)11-30(27,28)13-22)21(26)29-10-19-17-7-3-1-5-15(17)16-6-2-4-8-18(16)19/h1-8,14,19H,9-13H2,(H,24,25)/t14-,22-/m0/s1. The second kappa shape index (κ2) is 6.57. The van der Waals surface area contributed by atoms with Gasteiger partial charge in [-0.3, -0.25) is 4.79 Å². The number of ether oxygens (including phenoxy) is 1. The van der Waals surface area contributed by atoms with Crippen LogP contribution in [0, 0.1) is 11.3 Å². The number of hydrogen-bond donors (Lipinski definition) is 1. The molecule has 5 rings (SSSR count). The third-order valence-electron chi connectivity index (χ3n) is 6.65. The summed E-state index contributed by atoms with van der Waals surface area (Å²) in [7, 11) is -3.41. The van der Waals surface area contributed by atoms with E-state index in [4.69, 9.17) is 4.74 Å². The number of sulfone groups is 1. The predicted molar refractivity (Wildman–Crippen MR) is 109 cm³/mol. The molecule has 3 aliphatic rings. The molecule has 1 N–H and O–H groups in total. The van der Waals surface area contributed by atoms with E-state index in [-0.39, 0.29) is 31.4 Å². The largest absolute Gasteiger partial charge is 0.481 e. The van der Waals surface area contributed by atoms with E-state index in [1.165, 1.54) is 4.90 Å². The third kappa shape index (κ3) is 2.81. The molecule has 0 aromatic heterocycles. The van der Waals surface area contributed by atoms with E-state index in [0.29, 0.717) is 0 Å². The maximum atomic E-state index is 12.7. The van der Waals surface area contributed by atoms with Crippen LogP contribution in [0.1, 0.15) is 17.0 Å². The molecule has 2 fully saturated rings. The number of amides is 1. The van der Waals surface area contributed by atoms with Crippen molar-refractivity contribution in [1.82, 2.24) is 4.90 Å². The van der Waals surface area contributed by atoms with Crippen molar-refractivity contribution < 1.29 is 27.9 Å². The van der Waals surface area contributed by atoms with Crippen LogP contribution in [0.5, 0.6) is 0 Å². The number of carboxylic acid groups (broad SMARTS) is 1. The number of aliphatic carboxylic acids is 1. The molecule has 2 saturated heterocycles. The van der Waals surface area contributed by atoms with Gasteiger partial charge < -0.3 is 14.7 Å². The lowest BCUT2D eigenvalue weighted by Gasteiger charge is -2.22. The van der Waals surface area contributed by atoms with Gasteiger partial charge in [0.05, 0.1) is 11.5 Å². The van der Waals surface area contributed by atoms with Crippen LogP contribution in [-0.4, -0.2) is 61.7 Å². The van der Waals surface area contributed by atoms with Crippen molar-refractivity contribution in [3.63, 3.8) is 0 Å². The number of carbonyl (C=O) groups is 2. The molecule has 1 aliphatic carbocycles. The molecule has 156 valence electrons. The minimum Gasteiger partial charge on any atom is -0.481 e. The van der Waals surface area contributed by atoms with Gasteiger partial charge in [-0.15, -0.1) is 0 Å². The number of rotatable bonds is 3. The second-order valence-corrected chi connectivity index (χ2v) is 10.5. The lowest BCUT2D eigenvalue weighted by molar-refractivity contribution is -0.148. The Bertz CT molecular complexity index is 1110. The summed E-state index contributed by atoms with van der Waals surface area (Å²) < 4.78 is 29.5. The fourth-order valence-corrected chi connectivity index (χ4v) is 7.63. The van der Waals surface area contributed by atoms with Crippen molar-refractivity contribution >= 4 is 21.9 Å². The molecule has 2 heterocycles. The molecule has 0 radical (unpaired) electrons. The van der Waals surface area contributed by atoms with Gasteiger partial charge in [0.25, 0.3) is 0 Å². The van der Waals surface area contributed by atoms with E-state index < -0.39 is 39.0 Å². The van der Waals surface area contributed by atoms with Crippen LogP contribution in [0.15, 0.2) is 48.5 Å². The molecule has 2 aromatic carbocycles. The highest BCUT2D eigenvalue weighted by molar-refractivity contribution is 7.91. The Morgan fingerprint density at radius 2 is 1.67 bits per heavy atom. The molecule has 1 amide bonds. The Kier molecular flexibility index (Phi) is 4.18. The third-order valence-corrected chi connectivity index (χ3v) is 8.51. The number of nitrogens with zero attached hydrogens (tertiary/aromatic N) is 1. The first-order valence-corrected chi connectivity index (χ1v) is 11.7. The first-order valence-electron chi connectivity index (χ1n) is 9.84. The van der Waals surface area contributed by atoms with Crippen molar-refractivity contribution in [2.24, 2.45) is 11.3 Å². The van der Waals surface area contributed by atoms with Crippen molar-refractivity contribution in [2.75, 3.05) is 31.2 Å². The summed E-state index contributed by atoms with van der Waals surface area (Å²) >= 11 is 0. The second-order valence-electron chi connectivity index (χ2n) is 8.40. The Hall–Kier alpha value is -2.87. The van der Waals surface area contributed by atoms with Gasteiger partial charge in [0.2, 0.25) is 0 Å². The Balaban J connectivity index is 1.33. The summed E-state index contributed by atoms with van der Waals surface area (Å²) in [5, 5.41) is 9.68. The van der Waals surface area contributed by atoms with Crippen LogP contribution >= 0.6 is 0 Å². The van der Waals surface area contributed by atoms with E-state index in [2.05, 4.69) is 12.1 Å². The number of carboxylic acids is 1. The van der Waals surface area contributed by atoms with Gasteiger partial charge in [0.15, 0.2) is 9.84 Å². The maximum Gasteiger partial charge on any atom is 0.409 e. The molecule has 2 aromatic rings. The molecule has 0 bridgehead atoms. The highest BCUT2D eigenvalue weighted by Crippen LogP contribution is 2.46. The van der Waals surface area contributed by atoms with E-state index >= 15 is 0 Å². The zero-order chi connectivity index (χ0) is 21.1. The van der Waals surface area contributed by atoms with Gasteiger partial charge in [-0.1, -0.05) is 48.5 Å². The predicted octanol–water partition coefficient (Wildman–Crippen LogP) is 2.37. The van der Waals surface area contributed by atoms with Crippen molar-refractivity contribution in [2.45, 2.75) is 5.92 Å². The number of carbonyl (C=O) groups excluding carboxylic acids is 1. The molecule has 0 unspecified atom stereocenters. The fraction of sp³-hybridized carbons (Fsp3) is 0.364. The maximum absolute atomic E-state index is 12.7. The fourth-order valence-electron chi connectivity index (χ4n) is 5.24. The summed E-state index contributed by atoms with van der Waals surface area (Å²) in [5.74, 6) is -2.47. The monoisotopic (exact) mass is 427 g/mol. The van der Waals surface area contributed by atoms with E-state index in [0.717, 1.165) is 22.3 Å². The number of fused-ring (bicyclic) bond motifs is 4. The molecule has 7 nitrogen and oxygen atoms in total. The van der Waals surface area contributed by atoms with Crippen molar-refractivity contribution in [3.05, 3.63) is 59.7 Å². The van der Waals surface area contributed by atoms with Gasteiger partial charge in [-0.2, -0.15) is 0 Å². The van der Waals surface area contributed by atoms with E-state index in [1.54, 1.807) is 0 Å². The number of likely N-dealkylation sites (tertiary alicyclic amines) is 1. The van der Waals surface area contributed by atoms with Crippen LogP contribution < -0.4 is 0 Å². The summed E-state index contributed by atoms with van der Waals surface area (Å²) in [6.07, 6.45) is -0.593. The molecule has 0 spiro atoms. The molecule has 30 heavy (non-hydrogen) atoms. The van der Waals surface area contributed by atoms with Crippen LogP contribution in [0.25, 0.3) is 11.1 Å². The van der Waals surface area contributed by atoms with Crippen LogP contribution in [0.4, 0.5) is 4.79 Å². The lowest BCUT2D eigenvalue weighted by Crippen LogP contribution is -2.40.